The number of hydrogen-bond donors (Lipinski definition) is 2. The topological polar surface area (TPSA) is 153 Å². The zero-order chi connectivity index (χ0) is 37.7. The standard InChI is InChI=1S/C39H45FN4O8S/c1-22-7-5-6-8-26-20-39(26,38(47)43-53(48,49)29-11-12-29)42-36(46)33-19-28(21-44(33)35(45)15-23(22)2)52-37-30-13-10-27(50-3)16-25(30)18-32(41-37)24-9-14-34(51-4)31(40)17-24/h6,8-10,13-14,16-18,22-23,26,28-29,33H,5,7,11-12,15,19-21H2,1-4H3,(H,42,46)(H,43,47)/b8-6-/t22-,23+,26-,28-,33+,39-/m1/s1. The van der Waals surface area contributed by atoms with E-state index >= 15 is 0 Å². The van der Waals surface area contributed by atoms with Gasteiger partial charge in [0.25, 0.3) is 5.91 Å². The number of fused-ring (bicyclic) bond motifs is 3. The Morgan fingerprint density at radius 2 is 1.83 bits per heavy atom. The van der Waals surface area contributed by atoms with Crippen molar-refractivity contribution in [2.24, 2.45) is 17.8 Å². The number of nitrogens with one attached hydrogen (secondary N) is 2. The summed E-state index contributed by atoms with van der Waals surface area (Å²) in [5, 5.41) is 3.65. The summed E-state index contributed by atoms with van der Waals surface area (Å²) < 4.78 is 59.7. The van der Waals surface area contributed by atoms with Crippen molar-refractivity contribution in [2.45, 2.75) is 81.7 Å². The first-order valence-electron chi connectivity index (χ1n) is 18.2. The van der Waals surface area contributed by atoms with Gasteiger partial charge < -0.3 is 24.4 Å². The predicted molar refractivity (Wildman–Crippen MR) is 195 cm³/mol. The fourth-order valence-electron chi connectivity index (χ4n) is 7.42. The zero-order valence-electron chi connectivity index (χ0n) is 30.3. The predicted octanol–water partition coefficient (Wildman–Crippen LogP) is 4.90. The van der Waals surface area contributed by atoms with Crippen molar-refractivity contribution < 1.29 is 41.4 Å². The Morgan fingerprint density at radius 3 is 2.55 bits per heavy atom. The molecule has 2 aliphatic heterocycles. The van der Waals surface area contributed by atoms with Gasteiger partial charge in [0.1, 0.15) is 23.4 Å². The Hall–Kier alpha value is -4.72. The van der Waals surface area contributed by atoms with Gasteiger partial charge in [0.2, 0.25) is 27.7 Å². The number of hydrogen-bond acceptors (Lipinski definition) is 9. The molecule has 0 unspecified atom stereocenters. The van der Waals surface area contributed by atoms with Crippen LogP contribution in [0, 0.1) is 23.6 Å². The lowest BCUT2D eigenvalue weighted by atomic mass is 9.88. The number of halogens is 1. The maximum atomic E-state index is 14.8. The lowest BCUT2D eigenvalue weighted by Crippen LogP contribution is -2.56. The zero-order valence-corrected chi connectivity index (χ0v) is 31.1. The Morgan fingerprint density at radius 1 is 1.04 bits per heavy atom. The molecule has 2 aliphatic carbocycles. The molecule has 53 heavy (non-hydrogen) atoms. The van der Waals surface area contributed by atoms with Crippen molar-refractivity contribution in [1.82, 2.24) is 19.9 Å². The van der Waals surface area contributed by atoms with Crippen LogP contribution in [-0.4, -0.2) is 79.7 Å². The van der Waals surface area contributed by atoms with E-state index < -0.39 is 56.5 Å². The summed E-state index contributed by atoms with van der Waals surface area (Å²) in [4.78, 5) is 48.2. The summed E-state index contributed by atoms with van der Waals surface area (Å²) in [6.45, 7) is 4.21. The number of carbonyl (C=O) groups is 3. The molecule has 0 radical (unpaired) electrons. The highest BCUT2D eigenvalue weighted by Crippen LogP contribution is 2.46. The number of nitrogens with zero attached hydrogens (tertiary/aromatic N) is 2. The normalized spacial score (nSPS) is 28.2. The van der Waals surface area contributed by atoms with Crippen LogP contribution in [-0.2, 0) is 24.4 Å². The van der Waals surface area contributed by atoms with Crippen molar-refractivity contribution in [3.05, 3.63) is 60.4 Å². The van der Waals surface area contributed by atoms with Crippen LogP contribution in [0.5, 0.6) is 17.4 Å². The molecule has 0 bridgehead atoms. The van der Waals surface area contributed by atoms with Gasteiger partial charge in [0.15, 0.2) is 11.6 Å². The second-order valence-corrected chi connectivity index (χ2v) is 16.9. The number of allylic oxidation sites excluding steroid dienone is 1. The molecule has 4 aliphatic rings. The average Bonchev–Trinajstić information content (AvgIpc) is 4.06. The maximum Gasteiger partial charge on any atom is 0.259 e. The van der Waals surface area contributed by atoms with E-state index in [1.54, 1.807) is 31.4 Å². The average molecular weight is 749 g/mol. The number of carbonyl (C=O) groups excluding carboxylic acids is 3. The number of aromatic nitrogens is 1. The van der Waals surface area contributed by atoms with Gasteiger partial charge in [-0.05, 0) is 91.8 Å². The second kappa shape index (κ2) is 14.3. The first-order chi connectivity index (χ1) is 25.3. The van der Waals surface area contributed by atoms with Crippen LogP contribution < -0.4 is 24.2 Å². The fraction of sp³-hybridized carbons (Fsp3) is 0.487. The van der Waals surface area contributed by atoms with Crippen LogP contribution in [0.1, 0.15) is 58.8 Å². The molecule has 6 atom stereocenters. The molecule has 14 heteroatoms. The number of sulfonamides is 1. The van der Waals surface area contributed by atoms with E-state index in [2.05, 4.69) is 17.0 Å². The summed E-state index contributed by atoms with van der Waals surface area (Å²) in [5.41, 5.74) is -0.540. The molecule has 282 valence electrons. The van der Waals surface area contributed by atoms with Gasteiger partial charge in [-0.1, -0.05) is 26.0 Å². The summed E-state index contributed by atoms with van der Waals surface area (Å²) in [5.74, 6) is -1.30. The summed E-state index contributed by atoms with van der Waals surface area (Å²) in [6, 6.07) is 10.7. The van der Waals surface area contributed by atoms with Crippen molar-refractivity contribution in [3.63, 3.8) is 0 Å². The molecular weight excluding hydrogens is 704 g/mol. The van der Waals surface area contributed by atoms with E-state index in [-0.39, 0.29) is 55.2 Å². The molecule has 2 N–H and O–H groups in total. The Labute approximate surface area is 308 Å². The highest BCUT2D eigenvalue weighted by Gasteiger charge is 2.62. The maximum absolute atomic E-state index is 14.8. The Balaban J connectivity index is 1.21. The molecule has 1 saturated heterocycles. The smallest absolute Gasteiger partial charge is 0.259 e. The fourth-order valence-corrected chi connectivity index (χ4v) is 8.79. The van der Waals surface area contributed by atoms with E-state index in [0.717, 1.165) is 18.2 Å². The van der Waals surface area contributed by atoms with Gasteiger partial charge in [-0.15, -0.1) is 0 Å². The van der Waals surface area contributed by atoms with E-state index in [4.69, 9.17) is 19.2 Å². The first-order valence-corrected chi connectivity index (χ1v) is 19.7. The van der Waals surface area contributed by atoms with Gasteiger partial charge in [-0.2, -0.15) is 0 Å². The summed E-state index contributed by atoms with van der Waals surface area (Å²) >= 11 is 0. The van der Waals surface area contributed by atoms with Gasteiger partial charge in [-0.3, -0.25) is 19.1 Å². The molecule has 7 rings (SSSR count). The monoisotopic (exact) mass is 748 g/mol. The van der Waals surface area contributed by atoms with E-state index in [1.165, 1.54) is 24.1 Å². The summed E-state index contributed by atoms with van der Waals surface area (Å²) in [6.07, 6.45) is 6.27. The minimum atomic E-state index is -3.86. The molecular formula is C39H45FN4O8S. The number of methoxy groups -OCH3 is 2. The number of pyridine rings is 1. The van der Waals surface area contributed by atoms with Crippen molar-refractivity contribution in [1.29, 1.82) is 0 Å². The lowest BCUT2D eigenvalue weighted by molar-refractivity contribution is -0.140. The van der Waals surface area contributed by atoms with Crippen LogP contribution in [0.4, 0.5) is 4.39 Å². The quantitative estimate of drug-likeness (QED) is 0.307. The largest absolute Gasteiger partial charge is 0.497 e. The Kier molecular flexibility index (Phi) is 9.85. The first kappa shape index (κ1) is 36.6. The molecule has 2 aromatic carbocycles. The SMILES string of the molecule is COc1ccc2c(O[C@@H]3C[C@H]4C(=O)N[C@]5(C(=O)NS(=O)(=O)C6CC6)C[C@H]5/C=C\CC[C@@H](C)[C@@H](C)CC(=O)N4C3)nc(-c3ccc(OC)c(F)c3)cc2c1. The van der Waals surface area contributed by atoms with Gasteiger partial charge in [-0.25, -0.2) is 17.8 Å². The molecule has 3 heterocycles. The van der Waals surface area contributed by atoms with Crippen molar-refractivity contribution in [3.8, 4) is 28.6 Å². The third-order valence-electron chi connectivity index (χ3n) is 11.2. The minimum Gasteiger partial charge on any atom is -0.497 e. The van der Waals surface area contributed by atoms with Gasteiger partial charge in [0.05, 0.1) is 31.7 Å². The highest BCUT2D eigenvalue weighted by atomic mass is 32.2. The third kappa shape index (κ3) is 7.42. The number of rotatable bonds is 8. The molecule has 3 amide bonds. The van der Waals surface area contributed by atoms with Crippen LogP contribution in [0.25, 0.3) is 22.0 Å². The number of amides is 3. The Bertz CT molecular complexity index is 2090. The van der Waals surface area contributed by atoms with E-state index in [9.17, 15) is 27.2 Å². The van der Waals surface area contributed by atoms with Gasteiger partial charge >= 0.3 is 0 Å². The number of benzene rings is 2. The lowest BCUT2D eigenvalue weighted by Gasteiger charge is -2.28. The van der Waals surface area contributed by atoms with Crippen LogP contribution in [0.2, 0.25) is 0 Å². The van der Waals surface area contributed by atoms with Crippen LogP contribution >= 0.6 is 0 Å². The van der Waals surface area contributed by atoms with Crippen molar-refractivity contribution >= 4 is 38.5 Å². The second-order valence-electron chi connectivity index (χ2n) is 14.9. The summed E-state index contributed by atoms with van der Waals surface area (Å²) in [7, 11) is -0.917. The van der Waals surface area contributed by atoms with Gasteiger partial charge in [0, 0.05) is 29.7 Å². The van der Waals surface area contributed by atoms with Crippen molar-refractivity contribution in [2.75, 3.05) is 20.8 Å². The molecule has 1 aromatic heterocycles. The highest BCUT2D eigenvalue weighted by molar-refractivity contribution is 7.91. The minimum absolute atomic E-state index is 0.0445. The van der Waals surface area contributed by atoms with E-state index in [1.807, 2.05) is 25.1 Å². The van der Waals surface area contributed by atoms with E-state index in [0.29, 0.717) is 35.2 Å². The molecule has 2 saturated carbocycles. The van der Waals surface area contributed by atoms with Crippen LogP contribution in [0.3, 0.4) is 0 Å². The van der Waals surface area contributed by atoms with Crippen LogP contribution in [0.15, 0.2) is 54.6 Å². The number of ether oxygens (including phenoxy) is 3. The molecule has 0 spiro atoms. The molecule has 3 fully saturated rings. The molecule has 3 aromatic rings. The third-order valence-corrected chi connectivity index (χ3v) is 13.0. The molecule has 12 nitrogen and oxygen atoms in total.